The third kappa shape index (κ3) is 14.1. The van der Waals surface area contributed by atoms with Gasteiger partial charge in [-0.3, -0.25) is 15.1 Å². The summed E-state index contributed by atoms with van der Waals surface area (Å²) in [6.07, 6.45) is 3.89. The molecule has 12 heteroatoms. The Balaban J connectivity index is 0.000000335. The highest BCUT2D eigenvalue weighted by Gasteiger charge is 2.18. The van der Waals surface area contributed by atoms with Gasteiger partial charge in [0.05, 0.1) is 12.6 Å². The van der Waals surface area contributed by atoms with Gasteiger partial charge in [0.15, 0.2) is 0 Å². The number of benzene rings is 2. The monoisotopic (exact) mass is 601 g/mol. The van der Waals surface area contributed by atoms with Crippen LogP contribution in [0.4, 0.5) is 4.39 Å². The van der Waals surface area contributed by atoms with E-state index in [1.54, 1.807) is 49.8 Å². The average molecular weight is 602 g/mol. The number of hydrogen-bond acceptors (Lipinski definition) is 9. The molecule has 0 bridgehead atoms. The van der Waals surface area contributed by atoms with E-state index < -0.39 is 0 Å². The van der Waals surface area contributed by atoms with Crippen molar-refractivity contribution in [3.05, 3.63) is 81.8 Å². The highest BCUT2D eigenvalue weighted by Crippen LogP contribution is 2.21. The Kier molecular flexibility index (Phi) is 17.9. The molecule has 1 saturated heterocycles. The van der Waals surface area contributed by atoms with E-state index in [0.29, 0.717) is 23.3 Å². The second-order valence-electron chi connectivity index (χ2n) is 8.94. The topological polar surface area (TPSA) is 147 Å². The van der Waals surface area contributed by atoms with Crippen LogP contribution in [-0.2, 0) is 20.9 Å². The highest BCUT2D eigenvalue weighted by molar-refractivity contribution is 7.10. The Bertz CT molecular complexity index is 1220. The van der Waals surface area contributed by atoms with Gasteiger partial charge in [-0.15, -0.1) is 11.3 Å². The SMILES string of the molecule is CN1CCCC1C=O.CNCc1cc(C(=N)N)cs1.COC.O=CCNC(=O)c1ccc(Oc2ccc(F)cc2)cc1. The maximum Gasteiger partial charge on any atom is 0.251 e. The predicted octanol–water partition coefficient (Wildman–Crippen LogP) is 3.84. The van der Waals surface area contributed by atoms with Gasteiger partial charge in [0, 0.05) is 42.1 Å². The summed E-state index contributed by atoms with van der Waals surface area (Å²) >= 11 is 1.62. The van der Waals surface area contributed by atoms with Crippen LogP contribution in [0.15, 0.2) is 60.0 Å². The zero-order chi connectivity index (χ0) is 31.3. The smallest absolute Gasteiger partial charge is 0.251 e. The number of methoxy groups -OCH3 is 1. The molecule has 1 aliphatic rings. The van der Waals surface area contributed by atoms with E-state index in [4.69, 9.17) is 15.9 Å². The van der Waals surface area contributed by atoms with E-state index in [9.17, 15) is 18.8 Å². The van der Waals surface area contributed by atoms with E-state index in [2.05, 4.69) is 20.3 Å². The van der Waals surface area contributed by atoms with E-state index >= 15 is 0 Å². The number of nitrogen functional groups attached to an aromatic ring is 1. The Morgan fingerprint density at radius 2 is 1.71 bits per heavy atom. The third-order valence-electron chi connectivity index (χ3n) is 5.56. The van der Waals surface area contributed by atoms with Crippen molar-refractivity contribution in [3.8, 4) is 11.5 Å². The van der Waals surface area contributed by atoms with Crippen molar-refractivity contribution in [2.75, 3.05) is 41.4 Å². The molecular weight excluding hydrogens is 561 g/mol. The fourth-order valence-corrected chi connectivity index (χ4v) is 4.34. The summed E-state index contributed by atoms with van der Waals surface area (Å²) in [6, 6.07) is 14.2. The number of likely N-dealkylation sites (tertiary alicyclic amines) is 1. The Labute approximate surface area is 250 Å². The van der Waals surface area contributed by atoms with Gasteiger partial charge in [-0.05, 0) is 88.1 Å². The van der Waals surface area contributed by atoms with Crippen LogP contribution < -0.4 is 21.1 Å². The summed E-state index contributed by atoms with van der Waals surface area (Å²) in [4.78, 5) is 35.2. The number of nitrogens with zero attached hydrogens (tertiary/aromatic N) is 1. The molecule has 1 aliphatic heterocycles. The molecule has 2 aromatic carbocycles. The minimum absolute atomic E-state index is 0.0212. The molecule has 0 radical (unpaired) electrons. The molecule has 1 atom stereocenters. The van der Waals surface area contributed by atoms with Gasteiger partial charge in [0.25, 0.3) is 5.91 Å². The van der Waals surface area contributed by atoms with Crippen molar-refractivity contribution in [1.29, 1.82) is 5.41 Å². The quantitative estimate of drug-likeness (QED) is 0.164. The first-order valence-electron chi connectivity index (χ1n) is 13.1. The number of amidine groups is 1. The number of nitrogens with one attached hydrogen (secondary N) is 3. The number of rotatable bonds is 9. The summed E-state index contributed by atoms with van der Waals surface area (Å²) < 4.78 is 22.5. The predicted molar refractivity (Wildman–Crippen MR) is 164 cm³/mol. The van der Waals surface area contributed by atoms with Crippen LogP contribution in [0.5, 0.6) is 11.5 Å². The first-order chi connectivity index (χ1) is 20.2. The Morgan fingerprint density at radius 1 is 1.12 bits per heavy atom. The number of carbonyl (C=O) groups is 3. The maximum absolute atomic E-state index is 12.7. The molecule has 1 amide bonds. The zero-order valence-corrected chi connectivity index (χ0v) is 25.2. The molecule has 2 heterocycles. The number of likely N-dealkylation sites (N-methyl/N-ethyl adjacent to an activating group) is 1. The number of amides is 1. The molecule has 4 rings (SSSR count). The standard InChI is InChI=1S/C15H12FNO3.C7H11N3S.C6H11NO.C2H6O/c16-12-3-7-14(8-4-12)20-13-5-1-11(2-6-13)15(19)17-9-10-18;1-10-3-6-2-5(4-11-6)7(8)9;1-7-4-2-3-6(7)5-8;1-3-2/h1-8,10H,9H2,(H,17,19);2,4,10H,3H2,1H3,(H3,8,9);5-6H,2-4H2,1H3;1-2H3. The molecule has 0 aliphatic carbocycles. The first-order valence-corrected chi connectivity index (χ1v) is 13.9. The van der Waals surface area contributed by atoms with Crippen LogP contribution >= 0.6 is 11.3 Å². The molecule has 228 valence electrons. The molecule has 5 N–H and O–H groups in total. The number of halogens is 1. The van der Waals surface area contributed by atoms with Crippen LogP contribution in [-0.4, -0.2) is 76.7 Å². The van der Waals surface area contributed by atoms with Crippen molar-refractivity contribution >= 4 is 35.7 Å². The van der Waals surface area contributed by atoms with Gasteiger partial charge in [0.2, 0.25) is 0 Å². The minimum Gasteiger partial charge on any atom is -0.457 e. The van der Waals surface area contributed by atoms with Gasteiger partial charge in [-0.1, -0.05) is 0 Å². The first kappa shape index (κ1) is 36.1. The Morgan fingerprint density at radius 3 is 2.14 bits per heavy atom. The summed E-state index contributed by atoms with van der Waals surface area (Å²) in [7, 11) is 7.14. The zero-order valence-electron chi connectivity index (χ0n) is 24.4. The van der Waals surface area contributed by atoms with Crippen molar-refractivity contribution in [2.45, 2.75) is 25.4 Å². The number of hydrogen-bond donors (Lipinski definition) is 4. The molecular formula is C30H40FN5O5S. The van der Waals surface area contributed by atoms with E-state index in [1.165, 1.54) is 35.6 Å². The van der Waals surface area contributed by atoms with Crippen molar-refractivity contribution in [1.82, 2.24) is 15.5 Å². The molecule has 1 aromatic heterocycles. The molecule has 42 heavy (non-hydrogen) atoms. The highest BCUT2D eigenvalue weighted by atomic mass is 32.1. The normalized spacial score (nSPS) is 13.6. The average Bonchev–Trinajstić information content (AvgIpc) is 3.63. The molecule has 0 spiro atoms. The van der Waals surface area contributed by atoms with Crippen LogP contribution in [0.1, 0.15) is 33.6 Å². The van der Waals surface area contributed by atoms with Crippen molar-refractivity contribution in [2.24, 2.45) is 5.73 Å². The number of aldehydes is 2. The maximum atomic E-state index is 12.7. The van der Waals surface area contributed by atoms with E-state index in [1.807, 2.05) is 25.5 Å². The van der Waals surface area contributed by atoms with Crippen molar-refractivity contribution < 1.29 is 28.2 Å². The summed E-state index contributed by atoms with van der Waals surface area (Å²) in [6.45, 7) is 1.91. The lowest BCUT2D eigenvalue weighted by Gasteiger charge is -2.10. The fraction of sp³-hybridized carbons (Fsp3) is 0.333. The van der Waals surface area contributed by atoms with Crippen LogP contribution in [0.2, 0.25) is 0 Å². The number of ether oxygens (including phenoxy) is 2. The Hall–Kier alpha value is -3.97. The summed E-state index contributed by atoms with van der Waals surface area (Å²) in [5, 5.41) is 14.5. The molecule has 1 fully saturated rings. The minimum atomic E-state index is -0.334. The molecule has 0 saturated carbocycles. The molecule has 1 unspecified atom stereocenters. The number of carbonyl (C=O) groups excluding carboxylic acids is 3. The van der Waals surface area contributed by atoms with Crippen molar-refractivity contribution in [3.63, 3.8) is 0 Å². The third-order valence-corrected chi connectivity index (χ3v) is 6.50. The summed E-state index contributed by atoms with van der Waals surface area (Å²) in [5.74, 6) is 0.515. The van der Waals surface area contributed by atoms with Crippen LogP contribution in [0, 0.1) is 11.2 Å². The van der Waals surface area contributed by atoms with Gasteiger partial charge < -0.3 is 35.4 Å². The lowest BCUT2D eigenvalue weighted by molar-refractivity contribution is -0.111. The van der Waals surface area contributed by atoms with E-state index in [0.717, 1.165) is 31.4 Å². The number of nitrogens with two attached hydrogens (primary N) is 1. The van der Waals surface area contributed by atoms with Gasteiger partial charge in [0.1, 0.15) is 35.7 Å². The van der Waals surface area contributed by atoms with Gasteiger partial charge in [-0.25, -0.2) is 4.39 Å². The van der Waals surface area contributed by atoms with Gasteiger partial charge >= 0.3 is 0 Å². The lowest BCUT2D eigenvalue weighted by Crippen LogP contribution is -2.25. The van der Waals surface area contributed by atoms with Gasteiger partial charge in [-0.2, -0.15) is 0 Å². The number of thiophene rings is 1. The summed E-state index contributed by atoms with van der Waals surface area (Å²) in [5.41, 5.74) is 6.54. The van der Waals surface area contributed by atoms with Crippen LogP contribution in [0.25, 0.3) is 0 Å². The lowest BCUT2D eigenvalue weighted by atomic mass is 10.2. The van der Waals surface area contributed by atoms with E-state index in [-0.39, 0.29) is 30.1 Å². The fourth-order valence-electron chi connectivity index (χ4n) is 3.45. The van der Waals surface area contributed by atoms with Crippen LogP contribution in [0.3, 0.4) is 0 Å². The molecule has 10 nitrogen and oxygen atoms in total. The second kappa shape index (κ2) is 20.8. The largest absolute Gasteiger partial charge is 0.457 e. The molecule has 3 aromatic rings. The second-order valence-corrected chi connectivity index (χ2v) is 9.93.